The zero-order valence-corrected chi connectivity index (χ0v) is 13.0. The molecular weight excluding hydrogens is 266 g/mol. The van der Waals surface area contributed by atoms with E-state index >= 15 is 0 Å². The fourth-order valence-corrected chi connectivity index (χ4v) is 3.58. The minimum atomic E-state index is 1.04. The number of hydrogen-bond acceptors (Lipinski definition) is 4. The molecule has 0 bridgehead atoms. The maximum atomic E-state index is 4.75. The number of aryl methyl sites for hydroxylation is 2. The highest BCUT2D eigenvalue weighted by Gasteiger charge is 2.15. The molecule has 1 aliphatic rings. The van der Waals surface area contributed by atoms with E-state index in [0.29, 0.717) is 0 Å². The third-order valence-electron chi connectivity index (χ3n) is 3.77. The van der Waals surface area contributed by atoms with Crippen LogP contribution >= 0.6 is 11.3 Å². The monoisotopic (exact) mass is 287 g/mol. The first-order chi connectivity index (χ1) is 9.72. The molecule has 3 nitrogen and oxygen atoms in total. The summed E-state index contributed by atoms with van der Waals surface area (Å²) in [7, 11) is 0. The number of hydrogen-bond donors (Lipinski definition) is 1. The van der Waals surface area contributed by atoms with Gasteiger partial charge in [-0.05, 0) is 13.8 Å². The van der Waals surface area contributed by atoms with E-state index in [9.17, 15) is 0 Å². The Kier molecular flexibility index (Phi) is 4.15. The molecule has 1 aromatic carbocycles. The summed E-state index contributed by atoms with van der Waals surface area (Å²) in [5.41, 5.74) is 3.71. The first-order valence-corrected chi connectivity index (χ1v) is 8.00. The van der Waals surface area contributed by atoms with E-state index in [1.807, 2.05) is 11.3 Å². The molecule has 1 aliphatic heterocycles. The summed E-state index contributed by atoms with van der Waals surface area (Å²) in [5, 5.41) is 4.54. The van der Waals surface area contributed by atoms with Crippen LogP contribution in [0.1, 0.15) is 16.1 Å². The molecule has 0 radical (unpaired) electrons. The van der Waals surface area contributed by atoms with Crippen molar-refractivity contribution in [2.45, 2.75) is 20.4 Å². The van der Waals surface area contributed by atoms with Gasteiger partial charge in [0.25, 0.3) is 0 Å². The lowest BCUT2D eigenvalue weighted by molar-refractivity contribution is 0.234. The quantitative estimate of drug-likeness (QED) is 0.941. The zero-order valence-electron chi connectivity index (χ0n) is 12.1. The Morgan fingerprint density at radius 3 is 2.55 bits per heavy atom. The van der Waals surface area contributed by atoms with Crippen LogP contribution in [-0.2, 0) is 6.54 Å². The van der Waals surface area contributed by atoms with E-state index in [1.54, 1.807) is 0 Å². The number of piperazine rings is 1. The molecule has 2 aromatic rings. The van der Waals surface area contributed by atoms with Crippen LogP contribution in [0, 0.1) is 13.8 Å². The summed E-state index contributed by atoms with van der Waals surface area (Å²) >= 11 is 1.84. The van der Waals surface area contributed by atoms with E-state index in [4.69, 9.17) is 4.98 Å². The molecular formula is C16H21N3S. The van der Waals surface area contributed by atoms with Crippen LogP contribution in [0.2, 0.25) is 0 Å². The molecule has 2 heterocycles. The van der Waals surface area contributed by atoms with Crippen LogP contribution in [0.3, 0.4) is 0 Å². The molecule has 0 saturated carbocycles. The average Bonchev–Trinajstić information content (AvgIpc) is 2.82. The Morgan fingerprint density at radius 1 is 1.15 bits per heavy atom. The smallest absolute Gasteiger partial charge is 0.123 e. The fraction of sp³-hybridized carbons (Fsp3) is 0.438. The molecule has 0 atom stereocenters. The van der Waals surface area contributed by atoms with Gasteiger partial charge >= 0.3 is 0 Å². The van der Waals surface area contributed by atoms with Crippen LogP contribution in [0.25, 0.3) is 10.6 Å². The Hall–Kier alpha value is -1.23. The summed E-state index contributed by atoms with van der Waals surface area (Å²) in [6.07, 6.45) is 0. The highest BCUT2D eigenvalue weighted by Crippen LogP contribution is 2.29. The van der Waals surface area contributed by atoms with Crippen molar-refractivity contribution in [3.63, 3.8) is 0 Å². The lowest BCUT2D eigenvalue weighted by atomic mass is 10.2. The van der Waals surface area contributed by atoms with E-state index in [2.05, 4.69) is 48.3 Å². The number of rotatable bonds is 3. The van der Waals surface area contributed by atoms with Crippen molar-refractivity contribution in [1.29, 1.82) is 0 Å². The van der Waals surface area contributed by atoms with Gasteiger partial charge in [0.15, 0.2) is 0 Å². The van der Waals surface area contributed by atoms with Crippen molar-refractivity contribution in [3.05, 3.63) is 40.4 Å². The summed E-state index contributed by atoms with van der Waals surface area (Å²) in [5.74, 6) is 0. The van der Waals surface area contributed by atoms with Crippen LogP contribution in [-0.4, -0.2) is 36.1 Å². The second kappa shape index (κ2) is 6.04. The van der Waals surface area contributed by atoms with Gasteiger partial charge in [0.1, 0.15) is 5.01 Å². The summed E-state index contributed by atoms with van der Waals surface area (Å²) in [6.45, 7) is 9.76. The predicted octanol–water partition coefficient (Wildman–Crippen LogP) is 2.83. The molecule has 4 heteroatoms. The van der Waals surface area contributed by atoms with E-state index in [0.717, 1.165) is 37.7 Å². The van der Waals surface area contributed by atoms with Gasteiger partial charge < -0.3 is 5.32 Å². The number of aromatic nitrogens is 1. The predicted molar refractivity (Wildman–Crippen MR) is 85.2 cm³/mol. The van der Waals surface area contributed by atoms with Crippen molar-refractivity contribution in [2.75, 3.05) is 26.2 Å². The standard InChI is InChI=1S/C16H21N3S/c1-12-3-5-14(6-4-12)16-18-13(2)15(20-16)11-19-9-7-17-8-10-19/h3-6,17H,7-11H2,1-2H3. The first-order valence-electron chi connectivity index (χ1n) is 7.19. The van der Waals surface area contributed by atoms with E-state index < -0.39 is 0 Å². The van der Waals surface area contributed by atoms with Crippen LogP contribution < -0.4 is 5.32 Å². The second-order valence-corrected chi connectivity index (χ2v) is 6.50. The Morgan fingerprint density at radius 2 is 1.85 bits per heavy atom. The third kappa shape index (κ3) is 3.08. The zero-order chi connectivity index (χ0) is 13.9. The summed E-state index contributed by atoms with van der Waals surface area (Å²) < 4.78 is 0. The molecule has 1 fully saturated rings. The molecule has 0 amide bonds. The Bertz CT molecular complexity index is 568. The van der Waals surface area contributed by atoms with Gasteiger partial charge in [0, 0.05) is 43.2 Å². The minimum absolute atomic E-state index is 1.04. The number of nitrogens with one attached hydrogen (secondary N) is 1. The van der Waals surface area contributed by atoms with Gasteiger partial charge in [-0.25, -0.2) is 4.98 Å². The largest absolute Gasteiger partial charge is 0.314 e. The topological polar surface area (TPSA) is 28.2 Å². The number of nitrogens with zero attached hydrogens (tertiary/aromatic N) is 2. The molecule has 3 rings (SSSR count). The van der Waals surface area contributed by atoms with Gasteiger partial charge in [-0.1, -0.05) is 29.8 Å². The second-order valence-electron chi connectivity index (χ2n) is 5.42. The lowest BCUT2D eigenvalue weighted by Gasteiger charge is -2.26. The molecule has 1 aromatic heterocycles. The SMILES string of the molecule is Cc1ccc(-c2nc(C)c(CN3CCNCC3)s2)cc1. The lowest BCUT2D eigenvalue weighted by Crippen LogP contribution is -2.42. The van der Waals surface area contributed by atoms with Crippen LogP contribution in [0.4, 0.5) is 0 Å². The van der Waals surface area contributed by atoms with Crippen molar-refractivity contribution in [3.8, 4) is 10.6 Å². The van der Waals surface area contributed by atoms with Gasteiger partial charge in [-0.15, -0.1) is 11.3 Å². The van der Waals surface area contributed by atoms with E-state index in [-0.39, 0.29) is 0 Å². The average molecular weight is 287 g/mol. The highest BCUT2D eigenvalue weighted by molar-refractivity contribution is 7.15. The molecule has 20 heavy (non-hydrogen) atoms. The van der Waals surface area contributed by atoms with Gasteiger partial charge in [-0.3, -0.25) is 4.90 Å². The molecule has 0 spiro atoms. The molecule has 1 saturated heterocycles. The Labute approximate surface area is 124 Å². The van der Waals surface area contributed by atoms with Gasteiger partial charge in [-0.2, -0.15) is 0 Å². The molecule has 106 valence electrons. The van der Waals surface area contributed by atoms with Gasteiger partial charge in [0.2, 0.25) is 0 Å². The van der Waals surface area contributed by atoms with Crippen molar-refractivity contribution in [1.82, 2.24) is 15.2 Å². The number of benzene rings is 1. The Balaban J connectivity index is 1.78. The highest BCUT2D eigenvalue weighted by atomic mass is 32.1. The van der Waals surface area contributed by atoms with Crippen molar-refractivity contribution < 1.29 is 0 Å². The third-order valence-corrected chi connectivity index (χ3v) is 4.96. The first kappa shape index (κ1) is 13.7. The van der Waals surface area contributed by atoms with Crippen LogP contribution in [0.15, 0.2) is 24.3 Å². The molecule has 0 aliphatic carbocycles. The van der Waals surface area contributed by atoms with Crippen molar-refractivity contribution in [2.24, 2.45) is 0 Å². The van der Waals surface area contributed by atoms with Crippen molar-refractivity contribution >= 4 is 11.3 Å². The number of thiazole rings is 1. The molecule has 1 N–H and O–H groups in total. The maximum Gasteiger partial charge on any atom is 0.123 e. The maximum absolute atomic E-state index is 4.75. The van der Waals surface area contributed by atoms with E-state index in [1.165, 1.54) is 21.7 Å². The fourth-order valence-electron chi connectivity index (χ4n) is 2.47. The minimum Gasteiger partial charge on any atom is -0.314 e. The summed E-state index contributed by atoms with van der Waals surface area (Å²) in [4.78, 5) is 8.67. The van der Waals surface area contributed by atoms with Crippen LogP contribution in [0.5, 0.6) is 0 Å². The van der Waals surface area contributed by atoms with Gasteiger partial charge in [0.05, 0.1) is 5.69 Å². The summed E-state index contributed by atoms with van der Waals surface area (Å²) in [6, 6.07) is 8.65. The normalized spacial score (nSPS) is 16.5. The molecule has 0 unspecified atom stereocenters.